The number of hydrogen-bond donors (Lipinski definition) is 3. The SMILES string of the molecule is COc1ccc(-c2cc(CCCC(C(=O)O)C(=O)O)c(/C=C3\SC(=S)N(C4C5CC6CC(C5)CC4C6)C3=O)o2)c(O)c1. The van der Waals surface area contributed by atoms with Crippen molar-refractivity contribution in [2.75, 3.05) is 7.11 Å². The number of phenols is 1. The van der Waals surface area contributed by atoms with E-state index in [0.717, 1.165) is 11.8 Å². The molecule has 0 radical (unpaired) electrons. The second-order valence-corrected chi connectivity index (χ2v) is 13.7. The number of thioether (sulfide) groups is 1. The Morgan fingerprint density at radius 1 is 1.12 bits per heavy atom. The summed E-state index contributed by atoms with van der Waals surface area (Å²) in [6, 6.07) is 6.71. The van der Waals surface area contributed by atoms with Crippen LogP contribution < -0.4 is 4.74 Å². The Morgan fingerprint density at radius 2 is 1.79 bits per heavy atom. The Hall–Kier alpha value is -3.31. The van der Waals surface area contributed by atoms with E-state index in [4.69, 9.17) is 21.4 Å². The molecule has 3 N–H and O–H groups in total. The molecule has 5 fully saturated rings. The molecular weight excluding hydrogens is 578 g/mol. The number of benzene rings is 1. The van der Waals surface area contributed by atoms with Crippen LogP contribution in [0.1, 0.15) is 56.3 Å². The molecule has 4 bridgehead atoms. The Balaban J connectivity index is 1.29. The van der Waals surface area contributed by atoms with Crippen molar-refractivity contribution in [2.45, 2.75) is 57.4 Å². The first-order valence-corrected chi connectivity index (χ1v) is 15.6. The summed E-state index contributed by atoms with van der Waals surface area (Å²) in [6.07, 6.45) is 8.19. The molecule has 2 heterocycles. The molecule has 4 aliphatic carbocycles. The molecule has 1 saturated heterocycles. The number of hydrogen-bond acceptors (Lipinski definition) is 8. The normalized spacial score (nSPS) is 27.4. The predicted molar refractivity (Wildman–Crippen MR) is 160 cm³/mol. The number of carboxylic acids is 2. The minimum Gasteiger partial charge on any atom is -0.507 e. The topological polar surface area (TPSA) is 138 Å². The summed E-state index contributed by atoms with van der Waals surface area (Å²) in [5, 5.41) is 29.2. The number of thiocarbonyl (C=S) groups is 1. The van der Waals surface area contributed by atoms with E-state index in [1.165, 1.54) is 57.0 Å². The number of carbonyl (C=O) groups excluding carboxylic acids is 1. The van der Waals surface area contributed by atoms with Gasteiger partial charge in [-0.15, -0.1) is 0 Å². The standard InChI is InChI=1S/C31H33NO8S2/c1-39-20-5-6-21(23(33)13-20)25-12-17(3-2-4-22(29(35)36)30(37)38)24(40-25)14-26-28(34)32(31(41)42-26)27-18-8-15-7-16(10-18)11-19(27)9-15/h5-6,12-16,18-19,22,27,33H,2-4,7-11H2,1H3,(H,35,36)(H,37,38)/b26-14-. The lowest BCUT2D eigenvalue weighted by molar-refractivity contribution is -0.154. The number of phenolic OH excluding ortho intramolecular Hbond substituents is 1. The van der Waals surface area contributed by atoms with Crippen LogP contribution in [0.25, 0.3) is 17.4 Å². The van der Waals surface area contributed by atoms with Crippen LogP contribution >= 0.6 is 24.0 Å². The van der Waals surface area contributed by atoms with E-state index in [-0.39, 0.29) is 30.5 Å². The van der Waals surface area contributed by atoms with Crippen molar-refractivity contribution in [3.8, 4) is 22.8 Å². The summed E-state index contributed by atoms with van der Waals surface area (Å²) in [6.45, 7) is 0. The molecule has 42 heavy (non-hydrogen) atoms. The number of aromatic hydroxyl groups is 1. The van der Waals surface area contributed by atoms with Crippen LogP contribution in [0, 0.1) is 29.6 Å². The quantitative estimate of drug-likeness (QED) is 0.172. The zero-order valence-corrected chi connectivity index (χ0v) is 24.8. The number of aryl methyl sites for hydroxylation is 1. The predicted octanol–water partition coefficient (Wildman–Crippen LogP) is 5.79. The van der Waals surface area contributed by atoms with E-state index in [1.807, 2.05) is 4.90 Å². The van der Waals surface area contributed by atoms with Gasteiger partial charge in [0.25, 0.3) is 5.91 Å². The summed E-state index contributed by atoms with van der Waals surface area (Å²) >= 11 is 7.02. The molecule has 1 aromatic heterocycles. The van der Waals surface area contributed by atoms with Gasteiger partial charge in [0.15, 0.2) is 5.92 Å². The Kier molecular flexibility index (Phi) is 7.82. The van der Waals surface area contributed by atoms with E-state index in [0.29, 0.717) is 55.9 Å². The maximum absolute atomic E-state index is 13.8. The van der Waals surface area contributed by atoms with Crippen molar-refractivity contribution >= 4 is 52.2 Å². The molecule has 0 atom stereocenters. The number of aliphatic carboxylic acids is 2. The van der Waals surface area contributed by atoms with Gasteiger partial charge in [-0.3, -0.25) is 19.3 Å². The van der Waals surface area contributed by atoms with Crippen molar-refractivity contribution in [1.29, 1.82) is 0 Å². The van der Waals surface area contributed by atoms with E-state index >= 15 is 0 Å². The van der Waals surface area contributed by atoms with Crippen LogP contribution in [0.4, 0.5) is 0 Å². The molecule has 222 valence electrons. The zero-order valence-electron chi connectivity index (χ0n) is 23.2. The van der Waals surface area contributed by atoms with Gasteiger partial charge in [-0.1, -0.05) is 24.0 Å². The van der Waals surface area contributed by atoms with E-state index in [1.54, 1.807) is 24.3 Å². The number of ether oxygens (including phenoxy) is 1. The summed E-state index contributed by atoms with van der Waals surface area (Å²) < 4.78 is 11.9. The number of rotatable bonds is 10. The number of methoxy groups -OCH3 is 1. The van der Waals surface area contributed by atoms with Crippen molar-refractivity contribution in [1.82, 2.24) is 4.90 Å². The number of nitrogens with zero attached hydrogens (tertiary/aromatic N) is 1. The summed E-state index contributed by atoms with van der Waals surface area (Å²) in [4.78, 5) is 38.9. The number of amides is 1. The van der Waals surface area contributed by atoms with Crippen molar-refractivity contribution < 1.29 is 38.9 Å². The number of furan rings is 1. The molecule has 0 unspecified atom stereocenters. The monoisotopic (exact) mass is 611 g/mol. The third-order valence-electron chi connectivity index (χ3n) is 9.41. The first-order chi connectivity index (χ1) is 20.1. The van der Waals surface area contributed by atoms with Crippen LogP contribution in [0.2, 0.25) is 0 Å². The molecular formula is C31H33NO8S2. The molecule has 9 nitrogen and oxygen atoms in total. The highest BCUT2D eigenvalue weighted by atomic mass is 32.2. The molecule has 0 spiro atoms. The van der Waals surface area contributed by atoms with Crippen LogP contribution in [-0.2, 0) is 20.8 Å². The van der Waals surface area contributed by atoms with Crippen LogP contribution in [0.15, 0.2) is 33.6 Å². The van der Waals surface area contributed by atoms with Gasteiger partial charge in [-0.25, -0.2) is 0 Å². The zero-order chi connectivity index (χ0) is 29.7. The van der Waals surface area contributed by atoms with Gasteiger partial charge in [-0.2, -0.15) is 0 Å². The minimum atomic E-state index is -1.51. The molecule has 1 aromatic carbocycles. The fraction of sp³-hybridized carbons (Fsp3) is 0.484. The maximum atomic E-state index is 13.8. The highest BCUT2D eigenvalue weighted by molar-refractivity contribution is 8.26. The highest BCUT2D eigenvalue weighted by Gasteiger charge is 2.53. The fourth-order valence-corrected chi connectivity index (χ4v) is 9.08. The van der Waals surface area contributed by atoms with Gasteiger partial charge in [-0.05, 0) is 98.8 Å². The summed E-state index contributed by atoms with van der Waals surface area (Å²) in [7, 11) is 1.50. The smallest absolute Gasteiger partial charge is 0.317 e. The lowest BCUT2D eigenvalue weighted by atomic mass is 9.54. The van der Waals surface area contributed by atoms with Gasteiger partial charge in [0, 0.05) is 18.2 Å². The van der Waals surface area contributed by atoms with Gasteiger partial charge in [0.2, 0.25) is 0 Å². The van der Waals surface area contributed by atoms with E-state index < -0.39 is 17.9 Å². The Morgan fingerprint density at radius 3 is 2.38 bits per heavy atom. The van der Waals surface area contributed by atoms with Gasteiger partial charge >= 0.3 is 11.9 Å². The maximum Gasteiger partial charge on any atom is 0.317 e. The molecule has 11 heteroatoms. The summed E-state index contributed by atoms with van der Waals surface area (Å²) in [5.41, 5.74) is 1.10. The lowest BCUT2D eigenvalue weighted by Gasteiger charge is -2.56. The molecule has 5 aliphatic rings. The Bertz CT molecular complexity index is 1440. The second kappa shape index (κ2) is 11.4. The third-order valence-corrected chi connectivity index (χ3v) is 10.7. The van der Waals surface area contributed by atoms with Gasteiger partial charge < -0.3 is 24.5 Å². The lowest BCUT2D eigenvalue weighted by Crippen LogP contribution is -2.57. The Labute approximate surface area is 252 Å². The van der Waals surface area contributed by atoms with Crippen molar-refractivity contribution in [3.63, 3.8) is 0 Å². The molecule has 2 aromatic rings. The number of carbonyl (C=O) groups is 3. The van der Waals surface area contributed by atoms with Crippen molar-refractivity contribution in [2.24, 2.45) is 29.6 Å². The average molecular weight is 612 g/mol. The average Bonchev–Trinajstić information content (AvgIpc) is 3.45. The van der Waals surface area contributed by atoms with Crippen LogP contribution in [-0.4, -0.2) is 55.5 Å². The second-order valence-electron chi connectivity index (χ2n) is 12.0. The first-order valence-electron chi connectivity index (χ1n) is 14.4. The minimum absolute atomic E-state index is 0.0498. The molecule has 7 rings (SSSR count). The van der Waals surface area contributed by atoms with Gasteiger partial charge in [0.05, 0.1) is 17.6 Å². The van der Waals surface area contributed by atoms with Crippen molar-refractivity contribution in [3.05, 3.63) is 40.5 Å². The first kappa shape index (κ1) is 28.8. The fourth-order valence-electron chi connectivity index (χ4n) is 7.76. The van der Waals surface area contributed by atoms with Crippen LogP contribution in [0.3, 0.4) is 0 Å². The van der Waals surface area contributed by atoms with Crippen LogP contribution in [0.5, 0.6) is 11.5 Å². The molecule has 1 amide bonds. The molecule has 1 aliphatic heterocycles. The molecule has 4 saturated carbocycles. The largest absolute Gasteiger partial charge is 0.507 e. The highest BCUT2D eigenvalue weighted by Crippen LogP contribution is 2.56. The van der Waals surface area contributed by atoms with Gasteiger partial charge in [0.1, 0.15) is 27.3 Å². The third kappa shape index (κ3) is 5.32. The summed E-state index contributed by atoms with van der Waals surface area (Å²) in [5.74, 6) is -0.675. The van der Waals surface area contributed by atoms with E-state index in [9.17, 15) is 29.7 Å². The number of carboxylic acid groups (broad SMARTS) is 2. The van der Waals surface area contributed by atoms with E-state index in [2.05, 4.69) is 0 Å².